The molecule has 2 atom stereocenters. The number of hydrogen-bond acceptors (Lipinski definition) is 1. The molecule has 3 heteroatoms. The molecule has 0 saturated carbocycles. The van der Waals surface area contributed by atoms with Crippen molar-refractivity contribution in [2.45, 2.75) is 46.2 Å². The fourth-order valence-electron chi connectivity index (χ4n) is 1.90. The highest BCUT2D eigenvalue weighted by Gasteiger charge is 2.14. The van der Waals surface area contributed by atoms with Crippen LogP contribution in [0.3, 0.4) is 0 Å². The maximum Gasteiger partial charge on any atom is 0.0452 e. The monoisotopic (exact) mass is 273 g/mol. The second-order valence-electron chi connectivity index (χ2n) is 5.03. The van der Waals surface area contributed by atoms with Crippen molar-refractivity contribution in [2.24, 2.45) is 5.92 Å². The third kappa shape index (κ3) is 4.87. The van der Waals surface area contributed by atoms with Gasteiger partial charge in [0.25, 0.3) is 0 Å². The summed E-state index contributed by atoms with van der Waals surface area (Å²) in [5.41, 5.74) is 1.17. The van der Waals surface area contributed by atoms with Gasteiger partial charge in [-0.15, -0.1) is 0 Å². The molecule has 0 aliphatic rings. The van der Waals surface area contributed by atoms with Gasteiger partial charge in [0.1, 0.15) is 0 Å². The van der Waals surface area contributed by atoms with Crippen molar-refractivity contribution in [3.05, 3.63) is 33.8 Å². The van der Waals surface area contributed by atoms with Crippen LogP contribution in [0.5, 0.6) is 0 Å². The van der Waals surface area contributed by atoms with Crippen molar-refractivity contribution >= 4 is 23.2 Å². The van der Waals surface area contributed by atoms with Crippen molar-refractivity contribution in [1.29, 1.82) is 0 Å². The number of halogens is 2. The maximum absolute atomic E-state index is 6.18. The van der Waals surface area contributed by atoms with Crippen molar-refractivity contribution in [1.82, 2.24) is 5.32 Å². The fourth-order valence-corrected chi connectivity index (χ4v) is 2.39. The summed E-state index contributed by atoms with van der Waals surface area (Å²) in [6, 6.07) is 6.71. The van der Waals surface area contributed by atoms with Crippen LogP contribution in [-0.2, 0) is 6.42 Å². The van der Waals surface area contributed by atoms with Crippen LogP contribution < -0.4 is 5.32 Å². The van der Waals surface area contributed by atoms with E-state index in [9.17, 15) is 0 Å². The minimum absolute atomic E-state index is 0.474. The molecule has 0 heterocycles. The van der Waals surface area contributed by atoms with Gasteiger partial charge in [0.2, 0.25) is 0 Å². The Morgan fingerprint density at radius 3 is 2.29 bits per heavy atom. The molecule has 1 N–H and O–H groups in total. The van der Waals surface area contributed by atoms with E-state index in [-0.39, 0.29) is 0 Å². The molecule has 1 nitrogen and oxygen atoms in total. The second kappa shape index (κ2) is 6.63. The Balaban J connectivity index is 2.64. The molecule has 1 rings (SSSR count). The predicted octanol–water partition coefficient (Wildman–Crippen LogP) is 4.56. The molecule has 0 amide bonds. The maximum atomic E-state index is 6.18. The van der Waals surface area contributed by atoms with Gasteiger partial charge >= 0.3 is 0 Å². The van der Waals surface area contributed by atoms with E-state index < -0.39 is 0 Å². The van der Waals surface area contributed by atoms with E-state index in [2.05, 4.69) is 33.0 Å². The SMILES string of the molecule is CC(C)NC(C)C(C)Cc1ccc(Cl)cc1Cl. The summed E-state index contributed by atoms with van der Waals surface area (Å²) < 4.78 is 0. The van der Waals surface area contributed by atoms with Crippen LogP contribution in [0.25, 0.3) is 0 Å². The Kier molecular flexibility index (Phi) is 5.78. The third-order valence-electron chi connectivity index (χ3n) is 3.01. The molecule has 0 aromatic heterocycles. The normalized spacial score (nSPS) is 15.0. The number of benzene rings is 1. The zero-order chi connectivity index (χ0) is 13.0. The van der Waals surface area contributed by atoms with E-state index >= 15 is 0 Å². The average Bonchev–Trinajstić information content (AvgIpc) is 2.21. The first-order chi connectivity index (χ1) is 7.90. The summed E-state index contributed by atoms with van der Waals surface area (Å²) in [5.74, 6) is 0.538. The average molecular weight is 274 g/mol. The van der Waals surface area contributed by atoms with E-state index in [1.807, 2.05) is 18.2 Å². The molecule has 0 spiro atoms. The highest BCUT2D eigenvalue weighted by Crippen LogP contribution is 2.24. The van der Waals surface area contributed by atoms with Gasteiger partial charge in [-0.05, 0) is 37.0 Å². The molecule has 0 radical (unpaired) electrons. The number of nitrogens with one attached hydrogen (secondary N) is 1. The molecule has 0 fully saturated rings. The van der Waals surface area contributed by atoms with Crippen LogP contribution in [0.4, 0.5) is 0 Å². The lowest BCUT2D eigenvalue weighted by atomic mass is 9.94. The van der Waals surface area contributed by atoms with Crippen molar-refractivity contribution in [2.75, 3.05) is 0 Å². The summed E-state index contributed by atoms with van der Waals surface area (Å²) in [6.07, 6.45) is 0.969. The summed E-state index contributed by atoms with van der Waals surface area (Å²) in [7, 11) is 0. The van der Waals surface area contributed by atoms with Crippen LogP contribution in [0.1, 0.15) is 33.3 Å². The number of hydrogen-bond donors (Lipinski definition) is 1. The summed E-state index contributed by atoms with van der Waals surface area (Å²) in [4.78, 5) is 0. The van der Waals surface area contributed by atoms with E-state index in [0.29, 0.717) is 23.0 Å². The van der Waals surface area contributed by atoms with E-state index in [1.54, 1.807) is 0 Å². The molecule has 2 unspecified atom stereocenters. The van der Waals surface area contributed by atoms with Crippen LogP contribution in [0.15, 0.2) is 18.2 Å². The number of rotatable bonds is 5. The highest BCUT2D eigenvalue weighted by atomic mass is 35.5. The van der Waals surface area contributed by atoms with Crippen LogP contribution in [-0.4, -0.2) is 12.1 Å². The molecule has 0 aliphatic heterocycles. The predicted molar refractivity (Wildman–Crippen MR) is 77.1 cm³/mol. The standard InChI is InChI=1S/C14H21Cl2N/c1-9(2)17-11(4)10(3)7-12-5-6-13(15)8-14(12)16/h5-6,8-11,17H,7H2,1-4H3. The minimum Gasteiger partial charge on any atom is -0.312 e. The molecule has 0 aliphatic carbocycles. The second-order valence-corrected chi connectivity index (χ2v) is 5.87. The summed E-state index contributed by atoms with van der Waals surface area (Å²) in [6.45, 7) is 8.79. The Morgan fingerprint density at radius 1 is 1.12 bits per heavy atom. The van der Waals surface area contributed by atoms with Crippen molar-refractivity contribution in [3.8, 4) is 0 Å². The molecule has 1 aromatic carbocycles. The fraction of sp³-hybridized carbons (Fsp3) is 0.571. The molecule has 0 bridgehead atoms. The first kappa shape index (κ1) is 14.8. The summed E-state index contributed by atoms with van der Waals surface area (Å²) in [5, 5.41) is 4.98. The van der Waals surface area contributed by atoms with E-state index in [4.69, 9.17) is 23.2 Å². The van der Waals surface area contributed by atoms with Crippen LogP contribution >= 0.6 is 23.2 Å². The van der Waals surface area contributed by atoms with Gasteiger partial charge in [-0.25, -0.2) is 0 Å². The lowest BCUT2D eigenvalue weighted by Gasteiger charge is -2.24. The van der Waals surface area contributed by atoms with Gasteiger partial charge in [0.15, 0.2) is 0 Å². The zero-order valence-corrected chi connectivity index (χ0v) is 12.4. The van der Waals surface area contributed by atoms with Gasteiger partial charge in [0, 0.05) is 22.1 Å². The first-order valence-electron chi connectivity index (χ1n) is 6.10. The lowest BCUT2D eigenvalue weighted by Crippen LogP contribution is -2.37. The van der Waals surface area contributed by atoms with Crippen LogP contribution in [0, 0.1) is 5.92 Å². The Morgan fingerprint density at radius 2 is 1.76 bits per heavy atom. The highest BCUT2D eigenvalue weighted by molar-refractivity contribution is 6.35. The van der Waals surface area contributed by atoms with Gasteiger partial charge in [-0.3, -0.25) is 0 Å². The van der Waals surface area contributed by atoms with Crippen LogP contribution in [0.2, 0.25) is 10.0 Å². The van der Waals surface area contributed by atoms with E-state index in [0.717, 1.165) is 11.4 Å². The van der Waals surface area contributed by atoms with Crippen molar-refractivity contribution < 1.29 is 0 Å². The van der Waals surface area contributed by atoms with Gasteiger partial charge in [-0.2, -0.15) is 0 Å². The van der Waals surface area contributed by atoms with E-state index in [1.165, 1.54) is 5.56 Å². The Labute approximate surface area is 115 Å². The summed E-state index contributed by atoms with van der Waals surface area (Å²) >= 11 is 12.1. The van der Waals surface area contributed by atoms with Gasteiger partial charge < -0.3 is 5.32 Å². The largest absolute Gasteiger partial charge is 0.312 e. The molecule has 17 heavy (non-hydrogen) atoms. The Bertz CT molecular complexity index is 363. The molecular weight excluding hydrogens is 253 g/mol. The van der Waals surface area contributed by atoms with Gasteiger partial charge in [0.05, 0.1) is 0 Å². The molecular formula is C14H21Cl2N. The van der Waals surface area contributed by atoms with Crippen molar-refractivity contribution in [3.63, 3.8) is 0 Å². The van der Waals surface area contributed by atoms with Gasteiger partial charge in [-0.1, -0.05) is 50.0 Å². The third-order valence-corrected chi connectivity index (χ3v) is 3.59. The molecule has 96 valence electrons. The smallest absolute Gasteiger partial charge is 0.0452 e. The lowest BCUT2D eigenvalue weighted by molar-refractivity contribution is 0.372. The molecule has 0 saturated heterocycles. The zero-order valence-electron chi connectivity index (χ0n) is 10.9. The first-order valence-corrected chi connectivity index (χ1v) is 6.85. The topological polar surface area (TPSA) is 12.0 Å². The Hall–Kier alpha value is -0.240. The quantitative estimate of drug-likeness (QED) is 0.830. The minimum atomic E-state index is 0.474. The molecule has 1 aromatic rings.